The van der Waals surface area contributed by atoms with E-state index in [1.165, 1.54) is 6.07 Å². The SMILES string of the molecule is CC(C)(C)C[C@H]1N[C@@H](C(=O)CCCC2CCC(O)C2)[C@H](c2cccc(Cl)c2F)[C@@]12C(=O)Nc1cc(Cl)ccc12.O=C(O)C(F)(F)F. The van der Waals surface area contributed by atoms with E-state index in [1.54, 1.807) is 24.3 Å². The lowest BCUT2D eigenvalue weighted by atomic mass is 9.62. The number of carboxylic acid groups (broad SMARTS) is 1. The summed E-state index contributed by atoms with van der Waals surface area (Å²) in [7, 11) is 0. The summed E-state index contributed by atoms with van der Waals surface area (Å²) in [5.74, 6) is -4.04. The number of anilines is 1. The Kier molecular flexibility index (Phi) is 10.8. The Bertz CT molecular complexity index is 1480. The van der Waals surface area contributed by atoms with Crippen LogP contribution in [0.3, 0.4) is 0 Å². The van der Waals surface area contributed by atoms with E-state index >= 15 is 4.39 Å². The second kappa shape index (κ2) is 13.8. The van der Waals surface area contributed by atoms with Crippen LogP contribution >= 0.6 is 23.2 Å². The van der Waals surface area contributed by atoms with Crippen molar-refractivity contribution in [1.29, 1.82) is 0 Å². The maximum atomic E-state index is 15.8. The molecule has 6 atom stereocenters. The van der Waals surface area contributed by atoms with Gasteiger partial charge in [0.2, 0.25) is 5.91 Å². The molecule has 2 unspecified atom stereocenters. The van der Waals surface area contributed by atoms with Gasteiger partial charge in [-0.1, -0.05) is 62.2 Å². The predicted molar refractivity (Wildman–Crippen MR) is 167 cm³/mol. The molecule has 46 heavy (non-hydrogen) atoms. The van der Waals surface area contributed by atoms with Crippen molar-refractivity contribution in [2.75, 3.05) is 5.32 Å². The Morgan fingerprint density at radius 2 is 1.76 bits per heavy atom. The molecule has 2 aliphatic heterocycles. The molecule has 0 radical (unpaired) electrons. The van der Waals surface area contributed by atoms with Gasteiger partial charge < -0.3 is 20.8 Å². The molecule has 2 heterocycles. The minimum atomic E-state index is -5.08. The largest absolute Gasteiger partial charge is 0.490 e. The normalized spacial score (nSPS) is 27.3. The molecule has 252 valence electrons. The van der Waals surface area contributed by atoms with E-state index in [9.17, 15) is 27.9 Å². The number of hydrogen-bond acceptors (Lipinski definition) is 5. The van der Waals surface area contributed by atoms with Crippen LogP contribution in [0.1, 0.15) is 82.8 Å². The van der Waals surface area contributed by atoms with Gasteiger partial charge in [0.25, 0.3) is 0 Å². The number of carbonyl (C=O) groups is 3. The van der Waals surface area contributed by atoms with Crippen LogP contribution in [0.2, 0.25) is 10.0 Å². The third kappa shape index (κ3) is 7.53. The van der Waals surface area contributed by atoms with E-state index in [0.717, 1.165) is 31.2 Å². The van der Waals surface area contributed by atoms with Gasteiger partial charge in [-0.25, -0.2) is 9.18 Å². The van der Waals surface area contributed by atoms with Crippen LogP contribution in [0.15, 0.2) is 36.4 Å². The van der Waals surface area contributed by atoms with Gasteiger partial charge >= 0.3 is 12.1 Å². The molecule has 2 aromatic rings. The maximum absolute atomic E-state index is 15.8. The van der Waals surface area contributed by atoms with Crippen LogP contribution in [-0.2, 0) is 19.8 Å². The van der Waals surface area contributed by atoms with Gasteiger partial charge in [-0.2, -0.15) is 13.2 Å². The van der Waals surface area contributed by atoms with Crippen LogP contribution in [0.5, 0.6) is 0 Å². The van der Waals surface area contributed by atoms with Gasteiger partial charge in [0.15, 0.2) is 0 Å². The monoisotopic (exact) mass is 688 g/mol. The predicted octanol–water partition coefficient (Wildman–Crippen LogP) is 7.42. The molecule has 1 saturated carbocycles. The number of carbonyl (C=O) groups excluding carboxylic acids is 2. The maximum Gasteiger partial charge on any atom is 0.490 e. The highest BCUT2D eigenvalue weighted by Gasteiger charge is 2.66. The lowest BCUT2D eigenvalue weighted by Gasteiger charge is -2.37. The number of alkyl halides is 3. The summed E-state index contributed by atoms with van der Waals surface area (Å²) in [5, 5.41) is 24.0. The number of rotatable bonds is 7. The zero-order valence-corrected chi connectivity index (χ0v) is 27.2. The number of aliphatic hydroxyl groups excluding tert-OH is 1. The van der Waals surface area contributed by atoms with Gasteiger partial charge in [0.05, 0.1) is 17.2 Å². The number of Topliss-reactive ketones (excluding diaryl/α,β-unsaturated/α-hetero) is 1. The van der Waals surface area contributed by atoms with Crippen molar-refractivity contribution in [3.8, 4) is 0 Å². The Hall–Kier alpha value is -2.73. The number of aliphatic hydroxyl groups is 1. The van der Waals surface area contributed by atoms with Crippen molar-refractivity contribution in [1.82, 2.24) is 5.32 Å². The lowest BCUT2D eigenvalue weighted by Crippen LogP contribution is -2.49. The van der Waals surface area contributed by atoms with Crippen molar-refractivity contribution in [3.05, 3.63) is 63.4 Å². The number of hydrogen-bond donors (Lipinski definition) is 4. The van der Waals surface area contributed by atoms with Crippen molar-refractivity contribution < 1.29 is 42.2 Å². The quantitative estimate of drug-likeness (QED) is 0.225. The summed E-state index contributed by atoms with van der Waals surface area (Å²) < 4.78 is 47.5. The topological polar surface area (TPSA) is 116 Å². The fourth-order valence-corrected chi connectivity index (χ4v) is 7.59. The highest BCUT2D eigenvalue weighted by atomic mass is 35.5. The highest BCUT2D eigenvalue weighted by Crippen LogP contribution is 2.57. The molecular formula is C33H38Cl2F4N2O5. The molecule has 1 spiro atoms. The fourth-order valence-electron chi connectivity index (χ4n) is 7.24. The Morgan fingerprint density at radius 3 is 2.35 bits per heavy atom. The summed E-state index contributed by atoms with van der Waals surface area (Å²) in [6.07, 6.45) is -0.301. The number of benzene rings is 2. The van der Waals surface area contributed by atoms with Crippen LogP contribution in [-0.4, -0.2) is 52.2 Å². The molecule has 0 aromatic heterocycles. The zero-order chi connectivity index (χ0) is 34.2. The fraction of sp³-hybridized carbons (Fsp3) is 0.545. The molecule has 4 N–H and O–H groups in total. The van der Waals surface area contributed by atoms with E-state index < -0.39 is 41.4 Å². The van der Waals surface area contributed by atoms with E-state index in [0.29, 0.717) is 35.9 Å². The average Bonchev–Trinajstić information content (AvgIpc) is 3.59. The van der Waals surface area contributed by atoms with Gasteiger partial charge in [0, 0.05) is 29.1 Å². The molecule has 5 rings (SSSR count). The highest BCUT2D eigenvalue weighted by molar-refractivity contribution is 6.31. The number of halogens is 6. The Morgan fingerprint density at radius 1 is 1.09 bits per heavy atom. The molecule has 2 aromatic carbocycles. The number of ketones is 1. The molecule has 1 saturated heterocycles. The third-order valence-electron chi connectivity index (χ3n) is 9.08. The van der Waals surface area contributed by atoms with Crippen LogP contribution < -0.4 is 10.6 Å². The molecule has 1 amide bonds. The summed E-state index contributed by atoms with van der Waals surface area (Å²) in [4.78, 5) is 37.0. The minimum absolute atomic E-state index is 0.0380. The van der Waals surface area contributed by atoms with Crippen molar-refractivity contribution in [2.24, 2.45) is 11.3 Å². The summed E-state index contributed by atoms with van der Waals surface area (Å²) in [5.41, 5.74) is 0.168. The second-order valence-corrected chi connectivity index (χ2v) is 14.4. The van der Waals surface area contributed by atoms with Crippen molar-refractivity contribution in [2.45, 2.75) is 101 Å². The van der Waals surface area contributed by atoms with E-state index in [2.05, 4.69) is 31.4 Å². The van der Waals surface area contributed by atoms with Crippen LogP contribution in [0, 0.1) is 17.2 Å². The van der Waals surface area contributed by atoms with E-state index in [1.807, 2.05) is 6.07 Å². The molecule has 7 nitrogen and oxygen atoms in total. The first-order valence-electron chi connectivity index (χ1n) is 15.2. The van der Waals surface area contributed by atoms with E-state index in [-0.39, 0.29) is 33.8 Å². The zero-order valence-electron chi connectivity index (χ0n) is 25.7. The first kappa shape index (κ1) is 36.1. The molecule has 3 aliphatic rings. The average molecular weight is 690 g/mol. The Labute approximate surface area is 275 Å². The second-order valence-electron chi connectivity index (χ2n) is 13.6. The Balaban J connectivity index is 0.000000617. The van der Waals surface area contributed by atoms with Crippen molar-refractivity contribution in [3.63, 3.8) is 0 Å². The van der Waals surface area contributed by atoms with Gasteiger partial charge in [-0.3, -0.25) is 9.59 Å². The smallest absolute Gasteiger partial charge is 0.475 e. The first-order valence-corrected chi connectivity index (χ1v) is 15.9. The minimum Gasteiger partial charge on any atom is -0.475 e. The number of carboxylic acids is 1. The van der Waals surface area contributed by atoms with Crippen LogP contribution in [0.4, 0.5) is 23.2 Å². The van der Waals surface area contributed by atoms with Crippen LogP contribution in [0.25, 0.3) is 0 Å². The number of nitrogens with one attached hydrogen (secondary N) is 2. The molecule has 1 aliphatic carbocycles. The van der Waals surface area contributed by atoms with Gasteiger partial charge in [0.1, 0.15) is 17.0 Å². The molecule has 0 bridgehead atoms. The number of aliphatic carboxylic acids is 1. The molecule has 2 fully saturated rings. The van der Waals surface area contributed by atoms with Gasteiger partial charge in [-0.05, 0) is 79.2 Å². The standard InChI is InChI=1S/C31H37Cl2FN2O3.C2HF3O2/c1-30(2,3)16-25-31(21-13-11-18(32)15-23(21)35-29(31)39)26(20-7-5-8-22(33)27(20)34)28(36-25)24(38)9-4-6-17-10-12-19(37)14-17;3-2(4,5)1(6)7/h5,7-8,11,13,15,17,19,25-26,28,36-37H,4,6,9-10,12,14,16H2,1-3H3,(H,35,39);(H,6,7)/t17?,19?,25-,26+,28+,31+;/m1./s1. The molecule has 13 heteroatoms. The van der Waals surface area contributed by atoms with Crippen molar-refractivity contribution >= 4 is 46.5 Å². The summed E-state index contributed by atoms with van der Waals surface area (Å²) >= 11 is 12.6. The third-order valence-corrected chi connectivity index (χ3v) is 9.60. The van der Waals surface area contributed by atoms with E-state index in [4.69, 9.17) is 33.1 Å². The van der Waals surface area contributed by atoms with Gasteiger partial charge in [-0.15, -0.1) is 0 Å². The summed E-state index contributed by atoms with van der Waals surface area (Å²) in [6, 6.07) is 8.90. The number of fused-ring (bicyclic) bond motifs is 2. The first-order chi connectivity index (χ1) is 21.4. The number of amides is 1. The summed E-state index contributed by atoms with van der Waals surface area (Å²) in [6.45, 7) is 6.29. The lowest BCUT2D eigenvalue weighted by molar-refractivity contribution is -0.192. The molecular weight excluding hydrogens is 651 g/mol.